The van der Waals surface area contributed by atoms with Crippen molar-refractivity contribution in [1.29, 1.82) is 0 Å². The highest BCUT2D eigenvalue weighted by Crippen LogP contribution is 2.19. The maximum Gasteiger partial charge on any atom is 0.232 e. The van der Waals surface area contributed by atoms with Gasteiger partial charge in [-0.05, 0) is 55.5 Å². The van der Waals surface area contributed by atoms with Crippen LogP contribution in [0.5, 0.6) is 5.75 Å². The van der Waals surface area contributed by atoms with E-state index in [2.05, 4.69) is 5.32 Å². The highest BCUT2D eigenvalue weighted by molar-refractivity contribution is 7.92. The van der Waals surface area contributed by atoms with Crippen molar-refractivity contribution >= 4 is 27.3 Å². The number of sulfonamides is 1. The van der Waals surface area contributed by atoms with Gasteiger partial charge in [-0.3, -0.25) is 9.10 Å². The Kier molecular flexibility index (Phi) is 6.57. The molecule has 2 rings (SSSR count). The van der Waals surface area contributed by atoms with Crippen LogP contribution in [0.1, 0.15) is 13.3 Å². The number of halogens is 1. The molecule has 0 aliphatic heterocycles. The molecule has 0 fully saturated rings. The van der Waals surface area contributed by atoms with Crippen LogP contribution < -0.4 is 14.4 Å². The standard InChI is InChI=1S/C18H21FN2O4S/c1-3-25-17-10-6-15(7-11-17)20-18(22)12-13-21(26(2,23)24)16-8-4-14(19)5-9-16/h4-11H,3,12-13H2,1-2H3,(H,20,22). The van der Waals surface area contributed by atoms with Crippen LogP contribution in [0.25, 0.3) is 0 Å². The van der Waals surface area contributed by atoms with Gasteiger partial charge in [0, 0.05) is 18.7 Å². The summed E-state index contributed by atoms with van der Waals surface area (Å²) >= 11 is 0. The van der Waals surface area contributed by atoms with Crippen LogP contribution >= 0.6 is 0 Å². The Bertz CT molecular complexity index is 836. The Balaban J connectivity index is 1.99. The van der Waals surface area contributed by atoms with Crippen molar-refractivity contribution in [3.8, 4) is 5.75 Å². The summed E-state index contributed by atoms with van der Waals surface area (Å²) in [4.78, 5) is 12.1. The van der Waals surface area contributed by atoms with Gasteiger partial charge in [-0.2, -0.15) is 0 Å². The third kappa shape index (κ3) is 5.73. The summed E-state index contributed by atoms with van der Waals surface area (Å²) in [7, 11) is -3.60. The van der Waals surface area contributed by atoms with Crippen LogP contribution in [0.3, 0.4) is 0 Å². The Hall–Kier alpha value is -2.61. The minimum absolute atomic E-state index is 0.0440. The molecule has 1 N–H and O–H groups in total. The zero-order valence-corrected chi connectivity index (χ0v) is 15.4. The zero-order chi connectivity index (χ0) is 19.2. The Labute approximate surface area is 152 Å². The van der Waals surface area contributed by atoms with E-state index >= 15 is 0 Å². The maximum atomic E-state index is 13.0. The predicted octanol–water partition coefficient (Wildman–Crippen LogP) is 3.02. The second-order valence-electron chi connectivity index (χ2n) is 5.57. The van der Waals surface area contributed by atoms with Gasteiger partial charge in [-0.15, -0.1) is 0 Å². The van der Waals surface area contributed by atoms with Crippen LogP contribution in [-0.2, 0) is 14.8 Å². The lowest BCUT2D eigenvalue weighted by atomic mass is 10.2. The van der Waals surface area contributed by atoms with Gasteiger partial charge in [0.05, 0.1) is 18.6 Å². The number of benzene rings is 2. The summed E-state index contributed by atoms with van der Waals surface area (Å²) in [6.07, 6.45) is 0.998. The maximum absolute atomic E-state index is 13.0. The Morgan fingerprint density at radius 3 is 2.27 bits per heavy atom. The molecule has 0 aliphatic rings. The third-order valence-electron chi connectivity index (χ3n) is 3.51. The minimum atomic E-state index is -3.60. The first kappa shape index (κ1) is 19.7. The highest BCUT2D eigenvalue weighted by Gasteiger charge is 2.18. The van der Waals surface area contributed by atoms with E-state index in [1.807, 2.05) is 6.92 Å². The summed E-state index contributed by atoms with van der Waals surface area (Å²) in [6, 6.07) is 12.0. The molecular weight excluding hydrogens is 359 g/mol. The molecule has 6 nitrogen and oxygen atoms in total. The number of hydrogen-bond donors (Lipinski definition) is 1. The summed E-state index contributed by atoms with van der Waals surface area (Å²) in [5, 5.41) is 2.70. The number of rotatable bonds is 8. The first-order valence-corrected chi connectivity index (χ1v) is 9.90. The first-order chi connectivity index (χ1) is 12.3. The van der Waals surface area contributed by atoms with E-state index in [1.54, 1.807) is 24.3 Å². The molecule has 0 saturated carbocycles. The van der Waals surface area contributed by atoms with Crippen molar-refractivity contribution in [3.63, 3.8) is 0 Å². The lowest BCUT2D eigenvalue weighted by molar-refractivity contribution is -0.116. The minimum Gasteiger partial charge on any atom is -0.494 e. The smallest absolute Gasteiger partial charge is 0.232 e. The summed E-state index contributed by atoms with van der Waals surface area (Å²) in [5.41, 5.74) is 0.897. The van der Waals surface area contributed by atoms with Crippen molar-refractivity contribution in [2.75, 3.05) is 29.0 Å². The van der Waals surface area contributed by atoms with Crippen molar-refractivity contribution in [1.82, 2.24) is 0 Å². The molecule has 0 spiro atoms. The monoisotopic (exact) mass is 380 g/mol. The normalized spacial score (nSPS) is 11.0. The number of anilines is 2. The number of ether oxygens (including phenoxy) is 1. The number of carbonyl (C=O) groups is 1. The van der Waals surface area contributed by atoms with E-state index in [-0.39, 0.29) is 18.9 Å². The molecule has 140 valence electrons. The van der Waals surface area contributed by atoms with Gasteiger partial charge in [-0.25, -0.2) is 12.8 Å². The van der Waals surface area contributed by atoms with Gasteiger partial charge in [0.15, 0.2) is 0 Å². The molecule has 0 heterocycles. The SMILES string of the molecule is CCOc1ccc(NC(=O)CCN(c2ccc(F)cc2)S(C)(=O)=O)cc1. The summed E-state index contributed by atoms with van der Waals surface area (Å²) in [6.45, 7) is 2.38. The molecule has 2 aromatic carbocycles. The van der Waals surface area contributed by atoms with Crippen LogP contribution in [0.15, 0.2) is 48.5 Å². The number of amides is 1. The molecule has 1 amide bonds. The molecule has 0 unspecified atom stereocenters. The van der Waals surface area contributed by atoms with Gasteiger partial charge in [0.25, 0.3) is 0 Å². The highest BCUT2D eigenvalue weighted by atomic mass is 32.2. The molecule has 26 heavy (non-hydrogen) atoms. The van der Waals surface area contributed by atoms with Gasteiger partial charge in [-0.1, -0.05) is 0 Å². The number of nitrogens with one attached hydrogen (secondary N) is 1. The fourth-order valence-electron chi connectivity index (χ4n) is 2.32. The average Bonchev–Trinajstić information content (AvgIpc) is 2.57. The molecule has 0 radical (unpaired) electrons. The lowest BCUT2D eigenvalue weighted by Crippen LogP contribution is -2.33. The van der Waals surface area contributed by atoms with Crippen molar-refractivity contribution in [2.24, 2.45) is 0 Å². The van der Waals surface area contributed by atoms with E-state index in [1.165, 1.54) is 24.3 Å². The topological polar surface area (TPSA) is 75.7 Å². The summed E-state index contributed by atoms with van der Waals surface area (Å²) in [5.74, 6) is -0.0922. The lowest BCUT2D eigenvalue weighted by Gasteiger charge is -2.22. The fourth-order valence-corrected chi connectivity index (χ4v) is 3.25. The number of carbonyl (C=O) groups excluding carboxylic acids is 1. The second-order valence-corrected chi connectivity index (χ2v) is 7.47. The van der Waals surface area contributed by atoms with Gasteiger partial charge in [0.1, 0.15) is 11.6 Å². The second kappa shape index (κ2) is 8.66. The van der Waals surface area contributed by atoms with E-state index in [0.717, 1.165) is 10.6 Å². The van der Waals surface area contributed by atoms with Crippen molar-refractivity contribution in [2.45, 2.75) is 13.3 Å². The van der Waals surface area contributed by atoms with Gasteiger partial charge >= 0.3 is 0 Å². The van der Waals surface area contributed by atoms with Crippen LogP contribution in [0.2, 0.25) is 0 Å². The average molecular weight is 380 g/mol. The van der Waals surface area contributed by atoms with E-state index in [4.69, 9.17) is 4.74 Å². The van der Waals surface area contributed by atoms with Gasteiger partial charge in [0.2, 0.25) is 15.9 Å². The molecule has 0 aromatic heterocycles. The Morgan fingerprint density at radius 2 is 1.73 bits per heavy atom. The van der Waals surface area contributed by atoms with Crippen molar-refractivity contribution < 1.29 is 22.3 Å². The molecular formula is C18H21FN2O4S. The zero-order valence-electron chi connectivity index (χ0n) is 14.6. The third-order valence-corrected chi connectivity index (χ3v) is 4.70. The number of hydrogen-bond acceptors (Lipinski definition) is 4. The fraction of sp³-hybridized carbons (Fsp3) is 0.278. The van der Waals surface area contributed by atoms with Crippen LogP contribution in [0, 0.1) is 5.82 Å². The Morgan fingerprint density at radius 1 is 1.12 bits per heavy atom. The van der Waals surface area contributed by atoms with Crippen LogP contribution in [0.4, 0.5) is 15.8 Å². The van der Waals surface area contributed by atoms with Crippen LogP contribution in [-0.4, -0.2) is 33.7 Å². The number of nitrogens with zero attached hydrogens (tertiary/aromatic N) is 1. The van der Waals surface area contributed by atoms with E-state index in [0.29, 0.717) is 23.7 Å². The molecule has 0 saturated heterocycles. The summed E-state index contributed by atoms with van der Waals surface area (Å²) < 4.78 is 43.4. The van der Waals surface area contributed by atoms with E-state index < -0.39 is 15.8 Å². The van der Waals surface area contributed by atoms with Gasteiger partial charge < -0.3 is 10.1 Å². The molecule has 2 aromatic rings. The quantitative estimate of drug-likeness (QED) is 0.764. The largest absolute Gasteiger partial charge is 0.494 e. The molecule has 0 aliphatic carbocycles. The molecule has 0 atom stereocenters. The van der Waals surface area contributed by atoms with E-state index in [9.17, 15) is 17.6 Å². The molecule has 8 heteroatoms. The molecule has 0 bridgehead atoms. The van der Waals surface area contributed by atoms with Crippen molar-refractivity contribution in [3.05, 3.63) is 54.3 Å². The first-order valence-electron chi connectivity index (χ1n) is 8.05. The predicted molar refractivity (Wildman–Crippen MR) is 99.4 cm³/mol.